The Morgan fingerprint density at radius 1 is 1.56 bits per heavy atom. The number of halogens is 1. The minimum atomic E-state index is 0.258. The normalized spacial score (nSPS) is 23.2. The summed E-state index contributed by atoms with van der Waals surface area (Å²) in [6.45, 7) is 4.94. The fraction of sp³-hybridized carbons (Fsp3) is 0.667. The number of rotatable bonds is 4. The predicted molar refractivity (Wildman–Crippen MR) is 66.4 cm³/mol. The van der Waals surface area contributed by atoms with Crippen molar-refractivity contribution in [2.24, 2.45) is 5.92 Å². The van der Waals surface area contributed by atoms with Gasteiger partial charge in [-0.25, -0.2) is 0 Å². The first-order valence-corrected chi connectivity index (χ1v) is 6.61. The predicted octanol–water partition coefficient (Wildman–Crippen LogP) is 3.12. The van der Waals surface area contributed by atoms with Crippen molar-refractivity contribution in [3.05, 3.63) is 22.6 Å². The molecule has 2 heterocycles. The standard InChI is InChI=1S/C12H18BrNO2/c1-9(11-4-5-12(13)16-11)14-7-10-3-2-6-15-8-10/h4-5,9-10,14H,2-3,6-8H2,1H3. The minimum absolute atomic E-state index is 0.258. The van der Waals surface area contributed by atoms with E-state index < -0.39 is 0 Å². The van der Waals surface area contributed by atoms with Gasteiger partial charge in [-0.15, -0.1) is 0 Å². The molecule has 1 aliphatic heterocycles. The van der Waals surface area contributed by atoms with E-state index in [0.29, 0.717) is 5.92 Å². The first kappa shape index (κ1) is 12.1. The summed E-state index contributed by atoms with van der Waals surface area (Å²) in [6, 6.07) is 4.18. The van der Waals surface area contributed by atoms with E-state index >= 15 is 0 Å². The van der Waals surface area contributed by atoms with Crippen molar-refractivity contribution in [2.45, 2.75) is 25.8 Å². The third-order valence-corrected chi connectivity index (χ3v) is 3.41. The Bertz CT molecular complexity index is 321. The van der Waals surface area contributed by atoms with Gasteiger partial charge in [0.1, 0.15) is 5.76 Å². The average Bonchev–Trinajstić information content (AvgIpc) is 2.74. The quantitative estimate of drug-likeness (QED) is 0.924. The summed E-state index contributed by atoms with van der Waals surface area (Å²) in [5, 5.41) is 3.49. The molecule has 0 spiro atoms. The van der Waals surface area contributed by atoms with Gasteiger partial charge in [-0.1, -0.05) is 0 Å². The van der Waals surface area contributed by atoms with Crippen LogP contribution in [0.2, 0.25) is 0 Å². The van der Waals surface area contributed by atoms with Crippen molar-refractivity contribution in [1.29, 1.82) is 0 Å². The maximum absolute atomic E-state index is 5.51. The van der Waals surface area contributed by atoms with Crippen LogP contribution in [0.25, 0.3) is 0 Å². The van der Waals surface area contributed by atoms with Gasteiger partial charge >= 0.3 is 0 Å². The van der Waals surface area contributed by atoms with Crippen LogP contribution in [0.4, 0.5) is 0 Å². The van der Waals surface area contributed by atoms with Crippen molar-refractivity contribution >= 4 is 15.9 Å². The fourth-order valence-corrected chi connectivity index (χ4v) is 2.29. The van der Waals surface area contributed by atoms with Gasteiger partial charge in [0, 0.05) is 13.2 Å². The Hall–Kier alpha value is -0.320. The summed E-state index contributed by atoms with van der Waals surface area (Å²) >= 11 is 3.31. The molecule has 0 saturated carbocycles. The topological polar surface area (TPSA) is 34.4 Å². The highest BCUT2D eigenvalue weighted by atomic mass is 79.9. The minimum Gasteiger partial charge on any atom is -0.453 e. The molecule has 2 atom stereocenters. The summed E-state index contributed by atoms with van der Waals surface area (Å²) in [5.74, 6) is 1.62. The maximum atomic E-state index is 5.51. The third-order valence-electron chi connectivity index (χ3n) is 2.99. The summed E-state index contributed by atoms with van der Waals surface area (Å²) < 4.78 is 11.8. The Balaban J connectivity index is 1.76. The average molecular weight is 288 g/mol. The second-order valence-electron chi connectivity index (χ2n) is 4.35. The fourth-order valence-electron chi connectivity index (χ4n) is 1.97. The van der Waals surface area contributed by atoms with Crippen LogP contribution < -0.4 is 5.32 Å². The number of hydrogen-bond acceptors (Lipinski definition) is 3. The van der Waals surface area contributed by atoms with Crippen molar-refractivity contribution in [2.75, 3.05) is 19.8 Å². The molecule has 3 nitrogen and oxygen atoms in total. The summed E-state index contributed by atoms with van der Waals surface area (Å²) in [6.07, 6.45) is 2.45. The molecule has 0 aliphatic carbocycles. The van der Waals surface area contributed by atoms with Gasteiger partial charge in [0.15, 0.2) is 4.67 Å². The van der Waals surface area contributed by atoms with Crippen LogP contribution in [0.1, 0.15) is 31.6 Å². The monoisotopic (exact) mass is 287 g/mol. The van der Waals surface area contributed by atoms with Gasteiger partial charge in [0.05, 0.1) is 12.6 Å². The number of hydrogen-bond donors (Lipinski definition) is 1. The molecule has 1 fully saturated rings. The molecule has 1 saturated heterocycles. The van der Waals surface area contributed by atoms with E-state index in [0.717, 1.165) is 30.2 Å². The Labute approximate surface area is 105 Å². The molecule has 90 valence electrons. The third kappa shape index (κ3) is 3.34. The van der Waals surface area contributed by atoms with Gasteiger partial charge in [-0.05, 0) is 53.7 Å². The first-order valence-electron chi connectivity index (χ1n) is 5.82. The zero-order valence-corrected chi connectivity index (χ0v) is 11.1. The van der Waals surface area contributed by atoms with Crippen LogP contribution in [0.3, 0.4) is 0 Å². The lowest BCUT2D eigenvalue weighted by molar-refractivity contribution is 0.0537. The Morgan fingerprint density at radius 3 is 3.06 bits per heavy atom. The summed E-state index contributed by atoms with van der Waals surface area (Å²) in [4.78, 5) is 0. The largest absolute Gasteiger partial charge is 0.453 e. The second kappa shape index (κ2) is 5.84. The highest BCUT2D eigenvalue weighted by molar-refractivity contribution is 9.10. The molecular weight excluding hydrogens is 270 g/mol. The lowest BCUT2D eigenvalue weighted by Crippen LogP contribution is -2.30. The van der Waals surface area contributed by atoms with E-state index in [4.69, 9.17) is 9.15 Å². The van der Waals surface area contributed by atoms with E-state index in [2.05, 4.69) is 28.2 Å². The highest BCUT2D eigenvalue weighted by Crippen LogP contribution is 2.21. The number of ether oxygens (including phenoxy) is 1. The van der Waals surface area contributed by atoms with E-state index in [1.807, 2.05) is 12.1 Å². The molecule has 0 aromatic carbocycles. The van der Waals surface area contributed by atoms with Crippen molar-refractivity contribution in [3.63, 3.8) is 0 Å². The molecule has 4 heteroatoms. The van der Waals surface area contributed by atoms with Crippen molar-refractivity contribution < 1.29 is 9.15 Å². The van der Waals surface area contributed by atoms with E-state index in [1.165, 1.54) is 12.8 Å². The van der Waals surface area contributed by atoms with Crippen LogP contribution in [0, 0.1) is 5.92 Å². The van der Waals surface area contributed by atoms with Gasteiger partial charge in [0.25, 0.3) is 0 Å². The smallest absolute Gasteiger partial charge is 0.169 e. The van der Waals surface area contributed by atoms with Crippen LogP contribution in [-0.2, 0) is 4.74 Å². The SMILES string of the molecule is CC(NCC1CCCOC1)c1ccc(Br)o1. The molecule has 1 aromatic heterocycles. The summed E-state index contributed by atoms with van der Waals surface area (Å²) in [5.41, 5.74) is 0. The van der Waals surface area contributed by atoms with Crippen LogP contribution in [0.15, 0.2) is 21.2 Å². The number of nitrogens with one attached hydrogen (secondary N) is 1. The lowest BCUT2D eigenvalue weighted by Gasteiger charge is -2.23. The maximum Gasteiger partial charge on any atom is 0.169 e. The molecule has 1 aromatic rings. The zero-order valence-electron chi connectivity index (χ0n) is 9.54. The Morgan fingerprint density at radius 2 is 2.44 bits per heavy atom. The van der Waals surface area contributed by atoms with E-state index in [9.17, 15) is 0 Å². The molecule has 0 radical (unpaired) electrons. The first-order chi connectivity index (χ1) is 7.75. The zero-order chi connectivity index (χ0) is 11.4. The van der Waals surface area contributed by atoms with Crippen molar-refractivity contribution in [1.82, 2.24) is 5.32 Å². The van der Waals surface area contributed by atoms with Gasteiger partial charge in [-0.2, -0.15) is 0 Å². The number of furan rings is 1. The van der Waals surface area contributed by atoms with Crippen molar-refractivity contribution in [3.8, 4) is 0 Å². The molecule has 0 amide bonds. The van der Waals surface area contributed by atoms with Crippen LogP contribution in [0.5, 0.6) is 0 Å². The van der Waals surface area contributed by atoms with E-state index in [1.54, 1.807) is 0 Å². The lowest BCUT2D eigenvalue weighted by atomic mass is 10.0. The van der Waals surface area contributed by atoms with Gasteiger partial charge in [-0.3, -0.25) is 0 Å². The Kier molecular flexibility index (Phi) is 4.44. The molecule has 2 rings (SSSR count). The molecule has 1 aliphatic rings. The summed E-state index contributed by atoms with van der Waals surface area (Å²) in [7, 11) is 0. The second-order valence-corrected chi connectivity index (χ2v) is 5.14. The highest BCUT2D eigenvalue weighted by Gasteiger charge is 2.16. The van der Waals surface area contributed by atoms with E-state index in [-0.39, 0.29) is 6.04 Å². The molecule has 16 heavy (non-hydrogen) atoms. The molecule has 2 unspecified atom stereocenters. The van der Waals surface area contributed by atoms with Crippen LogP contribution >= 0.6 is 15.9 Å². The van der Waals surface area contributed by atoms with Gasteiger partial charge < -0.3 is 14.5 Å². The van der Waals surface area contributed by atoms with Gasteiger partial charge in [0.2, 0.25) is 0 Å². The van der Waals surface area contributed by atoms with Crippen LogP contribution in [-0.4, -0.2) is 19.8 Å². The molecule has 0 bridgehead atoms. The molecule has 1 N–H and O–H groups in total. The molecular formula is C12H18BrNO2.